The van der Waals surface area contributed by atoms with Gasteiger partial charge in [0.2, 0.25) is 0 Å². The Morgan fingerprint density at radius 3 is 2.19 bits per heavy atom. The van der Waals surface area contributed by atoms with E-state index in [0.29, 0.717) is 6.07 Å². The molecule has 21 heavy (non-hydrogen) atoms. The fourth-order valence-electron chi connectivity index (χ4n) is 1.49. The number of sulfonamides is 1. The van der Waals surface area contributed by atoms with E-state index in [4.69, 9.17) is 34.8 Å². The van der Waals surface area contributed by atoms with Crippen molar-refractivity contribution in [3.05, 3.63) is 57.0 Å². The van der Waals surface area contributed by atoms with E-state index in [1.165, 1.54) is 0 Å². The molecule has 2 rings (SSSR count). The number of hydrogen-bond acceptors (Lipinski definition) is 2. The molecule has 9 heteroatoms. The van der Waals surface area contributed by atoms with E-state index in [1.54, 1.807) is 0 Å². The van der Waals surface area contributed by atoms with Crippen molar-refractivity contribution in [1.29, 1.82) is 0 Å². The minimum atomic E-state index is -4.25. The number of hydrogen-bond donors (Lipinski definition) is 1. The first-order valence-corrected chi connectivity index (χ1v) is 7.95. The monoisotopic (exact) mass is 371 g/mol. The highest BCUT2D eigenvalue weighted by Gasteiger charge is 2.21. The maximum absolute atomic E-state index is 13.5. The molecule has 0 aromatic heterocycles. The molecule has 2 aromatic carbocycles. The minimum Gasteiger partial charge on any atom is -0.276 e. The Labute approximate surface area is 134 Å². The lowest BCUT2D eigenvalue weighted by molar-refractivity contribution is 0.594. The van der Waals surface area contributed by atoms with Crippen LogP contribution in [0.3, 0.4) is 0 Å². The molecule has 0 heterocycles. The quantitative estimate of drug-likeness (QED) is 0.792. The summed E-state index contributed by atoms with van der Waals surface area (Å²) in [6.45, 7) is 0. The Morgan fingerprint density at radius 1 is 0.905 bits per heavy atom. The zero-order valence-corrected chi connectivity index (χ0v) is 13.1. The number of rotatable bonds is 3. The molecule has 0 spiro atoms. The zero-order valence-electron chi connectivity index (χ0n) is 10.0. The van der Waals surface area contributed by atoms with Gasteiger partial charge in [0, 0.05) is 6.07 Å². The largest absolute Gasteiger partial charge is 0.276 e. The van der Waals surface area contributed by atoms with Gasteiger partial charge >= 0.3 is 0 Å². The molecule has 0 saturated heterocycles. The molecule has 0 aliphatic carbocycles. The molecule has 0 unspecified atom stereocenters. The molecule has 0 aliphatic rings. The van der Waals surface area contributed by atoms with E-state index in [-0.39, 0.29) is 15.1 Å². The summed E-state index contributed by atoms with van der Waals surface area (Å²) in [6.07, 6.45) is 0. The van der Waals surface area contributed by atoms with Gasteiger partial charge in [-0.1, -0.05) is 34.8 Å². The summed E-state index contributed by atoms with van der Waals surface area (Å²) in [5.41, 5.74) is -0.544. The van der Waals surface area contributed by atoms with Crippen LogP contribution in [0.1, 0.15) is 0 Å². The first-order valence-electron chi connectivity index (χ1n) is 5.33. The van der Waals surface area contributed by atoms with Crippen LogP contribution in [0, 0.1) is 11.6 Å². The molecule has 112 valence electrons. The lowest BCUT2D eigenvalue weighted by Gasteiger charge is -2.11. The van der Waals surface area contributed by atoms with Gasteiger partial charge in [0.25, 0.3) is 10.0 Å². The molecule has 1 N–H and O–H groups in total. The molecular formula is C12H6Cl3F2NO2S. The van der Waals surface area contributed by atoms with Gasteiger partial charge in [-0.2, -0.15) is 0 Å². The van der Waals surface area contributed by atoms with E-state index in [0.717, 1.165) is 24.3 Å². The minimum absolute atomic E-state index is 0.0406. The van der Waals surface area contributed by atoms with E-state index in [9.17, 15) is 17.2 Å². The summed E-state index contributed by atoms with van der Waals surface area (Å²) < 4.78 is 52.8. The van der Waals surface area contributed by atoms with Crippen molar-refractivity contribution >= 4 is 50.5 Å². The second-order valence-electron chi connectivity index (χ2n) is 3.93. The number of anilines is 1. The summed E-state index contributed by atoms with van der Waals surface area (Å²) >= 11 is 17.2. The van der Waals surface area contributed by atoms with Crippen LogP contribution in [0.15, 0.2) is 35.2 Å². The molecule has 0 fully saturated rings. The number of benzene rings is 2. The normalized spacial score (nSPS) is 11.5. The summed E-state index contributed by atoms with van der Waals surface area (Å²) in [5, 5.41) is -0.174. The number of halogens is 5. The van der Waals surface area contributed by atoms with Crippen molar-refractivity contribution < 1.29 is 17.2 Å². The molecule has 0 radical (unpaired) electrons. The van der Waals surface area contributed by atoms with Crippen LogP contribution in [0.5, 0.6) is 0 Å². The molecule has 0 atom stereocenters. The van der Waals surface area contributed by atoms with Gasteiger partial charge in [0.15, 0.2) is 0 Å². The summed E-state index contributed by atoms with van der Waals surface area (Å²) in [6, 6.07) is 4.52. The molecule has 3 nitrogen and oxygen atoms in total. The third-order valence-corrected chi connectivity index (χ3v) is 4.99. The Kier molecular flexibility index (Phi) is 4.63. The molecule has 0 aliphatic heterocycles. The molecular weight excluding hydrogens is 367 g/mol. The molecule has 0 bridgehead atoms. The van der Waals surface area contributed by atoms with Gasteiger partial charge < -0.3 is 0 Å². The van der Waals surface area contributed by atoms with E-state index in [1.807, 2.05) is 4.72 Å². The van der Waals surface area contributed by atoms with E-state index >= 15 is 0 Å². The van der Waals surface area contributed by atoms with Crippen molar-refractivity contribution in [2.75, 3.05) is 4.72 Å². The van der Waals surface area contributed by atoms with Gasteiger partial charge in [-0.15, -0.1) is 0 Å². The third-order valence-electron chi connectivity index (χ3n) is 2.44. The van der Waals surface area contributed by atoms with E-state index < -0.39 is 32.2 Å². The summed E-state index contributed by atoms with van der Waals surface area (Å²) in [4.78, 5) is -0.401. The van der Waals surface area contributed by atoms with Crippen LogP contribution in [0.2, 0.25) is 15.1 Å². The maximum Gasteiger partial charge on any atom is 0.263 e. The highest BCUT2D eigenvalue weighted by Crippen LogP contribution is 2.32. The molecule has 2 aromatic rings. The van der Waals surface area contributed by atoms with E-state index in [2.05, 4.69) is 0 Å². The second kappa shape index (κ2) is 5.96. The average molecular weight is 373 g/mol. The van der Waals surface area contributed by atoms with Gasteiger partial charge in [-0.05, 0) is 24.3 Å². The third kappa shape index (κ3) is 3.58. The maximum atomic E-state index is 13.5. The van der Waals surface area contributed by atoms with Crippen molar-refractivity contribution in [3.8, 4) is 0 Å². The van der Waals surface area contributed by atoms with Crippen LogP contribution in [-0.2, 0) is 10.0 Å². The van der Waals surface area contributed by atoms with Gasteiger partial charge in [-0.3, -0.25) is 4.72 Å². The zero-order chi connectivity index (χ0) is 15.8. The predicted octanol–water partition coefficient (Wildman–Crippen LogP) is 4.73. The SMILES string of the molecule is O=S(=O)(Nc1cc(F)ccc1F)c1cc(Cl)c(Cl)cc1Cl. The second-order valence-corrected chi connectivity index (χ2v) is 6.80. The van der Waals surface area contributed by atoms with Crippen LogP contribution in [0.4, 0.5) is 14.5 Å². The van der Waals surface area contributed by atoms with Crippen molar-refractivity contribution in [1.82, 2.24) is 0 Å². The van der Waals surface area contributed by atoms with Gasteiger partial charge in [-0.25, -0.2) is 17.2 Å². The van der Waals surface area contributed by atoms with Crippen LogP contribution >= 0.6 is 34.8 Å². The first-order chi connectivity index (χ1) is 9.70. The summed E-state index contributed by atoms with van der Waals surface area (Å²) in [7, 11) is -4.25. The lowest BCUT2D eigenvalue weighted by Crippen LogP contribution is -2.14. The highest BCUT2D eigenvalue weighted by molar-refractivity contribution is 7.92. The van der Waals surface area contributed by atoms with Gasteiger partial charge in [0.1, 0.15) is 16.5 Å². The Balaban J connectivity index is 2.48. The fourth-order valence-corrected chi connectivity index (χ4v) is 3.55. The Bertz CT molecular complexity index is 812. The molecule has 0 amide bonds. The fraction of sp³-hybridized carbons (Fsp3) is 0. The Morgan fingerprint density at radius 2 is 1.52 bits per heavy atom. The molecule has 0 saturated carbocycles. The van der Waals surface area contributed by atoms with Crippen LogP contribution in [0.25, 0.3) is 0 Å². The topological polar surface area (TPSA) is 46.2 Å². The predicted molar refractivity (Wildman–Crippen MR) is 78.6 cm³/mol. The Hall–Kier alpha value is -1.08. The average Bonchev–Trinajstić information content (AvgIpc) is 2.37. The van der Waals surface area contributed by atoms with Crippen molar-refractivity contribution in [2.45, 2.75) is 4.90 Å². The standard InChI is InChI=1S/C12H6Cl3F2NO2S/c13-7-4-9(15)12(5-8(7)14)21(19,20)18-11-3-6(16)1-2-10(11)17/h1-5,18H. The van der Waals surface area contributed by atoms with Gasteiger partial charge in [0.05, 0.1) is 20.8 Å². The summed E-state index contributed by atoms with van der Waals surface area (Å²) in [5.74, 6) is -1.73. The highest BCUT2D eigenvalue weighted by atomic mass is 35.5. The van der Waals surface area contributed by atoms with Crippen molar-refractivity contribution in [3.63, 3.8) is 0 Å². The number of nitrogens with one attached hydrogen (secondary N) is 1. The lowest BCUT2D eigenvalue weighted by atomic mass is 10.3. The van der Waals surface area contributed by atoms with Crippen LogP contribution < -0.4 is 4.72 Å². The van der Waals surface area contributed by atoms with Crippen molar-refractivity contribution in [2.24, 2.45) is 0 Å². The first kappa shape index (κ1) is 16.3. The van der Waals surface area contributed by atoms with Crippen LogP contribution in [-0.4, -0.2) is 8.42 Å². The smallest absolute Gasteiger partial charge is 0.263 e.